The summed E-state index contributed by atoms with van der Waals surface area (Å²) < 4.78 is 5.28. The van der Waals surface area contributed by atoms with Crippen LogP contribution in [0.1, 0.15) is 5.56 Å². The molecule has 0 aromatic heterocycles. The molecule has 0 saturated heterocycles. The first-order valence-electron chi connectivity index (χ1n) is 6.00. The van der Waals surface area contributed by atoms with Crippen molar-refractivity contribution in [3.63, 3.8) is 0 Å². The van der Waals surface area contributed by atoms with Crippen molar-refractivity contribution in [2.24, 2.45) is 5.10 Å². The molecule has 0 aliphatic rings. The van der Waals surface area contributed by atoms with Crippen LogP contribution in [0.4, 0.5) is 0 Å². The fraction of sp³-hybridized carbons (Fsp3) is 0.0667. The minimum Gasteiger partial charge on any atom is -0.484 e. The van der Waals surface area contributed by atoms with Gasteiger partial charge in [-0.1, -0.05) is 48.0 Å². The van der Waals surface area contributed by atoms with Gasteiger partial charge in [0, 0.05) is 10.6 Å². The summed E-state index contributed by atoms with van der Waals surface area (Å²) in [5, 5.41) is 4.40. The molecule has 0 radical (unpaired) electrons. The molecular formula is C15H13ClN2O2. The van der Waals surface area contributed by atoms with Gasteiger partial charge in [-0.3, -0.25) is 4.79 Å². The van der Waals surface area contributed by atoms with Crippen LogP contribution in [0.25, 0.3) is 0 Å². The largest absolute Gasteiger partial charge is 0.484 e. The van der Waals surface area contributed by atoms with Crippen molar-refractivity contribution in [1.29, 1.82) is 0 Å². The van der Waals surface area contributed by atoms with Crippen LogP contribution in [-0.4, -0.2) is 18.7 Å². The summed E-state index contributed by atoms with van der Waals surface area (Å²) in [6.45, 7) is -0.0934. The molecule has 2 aromatic rings. The molecule has 0 saturated carbocycles. The first-order valence-corrected chi connectivity index (χ1v) is 6.38. The van der Waals surface area contributed by atoms with E-state index in [0.29, 0.717) is 10.8 Å². The van der Waals surface area contributed by atoms with Crippen LogP contribution >= 0.6 is 11.6 Å². The smallest absolute Gasteiger partial charge is 0.277 e. The van der Waals surface area contributed by atoms with Crippen LogP contribution in [0.3, 0.4) is 0 Å². The van der Waals surface area contributed by atoms with Crippen LogP contribution in [0.2, 0.25) is 5.02 Å². The third-order valence-corrected chi connectivity index (χ3v) is 2.76. The van der Waals surface area contributed by atoms with E-state index in [2.05, 4.69) is 10.5 Å². The molecule has 0 fully saturated rings. The number of halogens is 1. The molecule has 102 valence electrons. The lowest BCUT2D eigenvalue weighted by Gasteiger charge is -2.04. The first-order chi connectivity index (χ1) is 9.75. The third kappa shape index (κ3) is 4.40. The molecule has 4 nitrogen and oxygen atoms in total. The average Bonchev–Trinajstić information content (AvgIpc) is 2.48. The summed E-state index contributed by atoms with van der Waals surface area (Å²) in [7, 11) is 0. The van der Waals surface area contributed by atoms with E-state index in [0.717, 1.165) is 5.56 Å². The molecule has 1 amide bonds. The highest BCUT2D eigenvalue weighted by molar-refractivity contribution is 6.33. The molecule has 20 heavy (non-hydrogen) atoms. The molecule has 0 bridgehead atoms. The van der Waals surface area contributed by atoms with Gasteiger partial charge in [0.25, 0.3) is 5.91 Å². The Hall–Kier alpha value is -2.33. The summed E-state index contributed by atoms with van der Waals surface area (Å²) in [5.74, 6) is 0.301. The molecule has 5 heteroatoms. The Morgan fingerprint density at radius 1 is 1.15 bits per heavy atom. The Morgan fingerprint density at radius 3 is 2.60 bits per heavy atom. The fourth-order valence-corrected chi connectivity index (χ4v) is 1.64. The molecule has 2 aromatic carbocycles. The summed E-state index contributed by atoms with van der Waals surface area (Å²) in [4.78, 5) is 11.5. The van der Waals surface area contributed by atoms with Crippen molar-refractivity contribution >= 4 is 23.7 Å². The number of nitrogens with one attached hydrogen (secondary N) is 1. The normalized spacial score (nSPS) is 10.4. The summed E-state index contributed by atoms with van der Waals surface area (Å²) in [6, 6.07) is 16.3. The van der Waals surface area contributed by atoms with E-state index in [4.69, 9.17) is 16.3 Å². The van der Waals surface area contributed by atoms with Gasteiger partial charge in [0.2, 0.25) is 0 Å². The lowest BCUT2D eigenvalue weighted by Crippen LogP contribution is -2.24. The van der Waals surface area contributed by atoms with E-state index < -0.39 is 0 Å². The van der Waals surface area contributed by atoms with Crippen molar-refractivity contribution < 1.29 is 9.53 Å². The number of benzene rings is 2. The number of ether oxygens (including phenoxy) is 1. The monoisotopic (exact) mass is 288 g/mol. The van der Waals surface area contributed by atoms with E-state index in [-0.39, 0.29) is 12.5 Å². The summed E-state index contributed by atoms with van der Waals surface area (Å²) >= 11 is 5.95. The van der Waals surface area contributed by atoms with Gasteiger partial charge in [-0.25, -0.2) is 5.43 Å². The standard InChI is InChI=1S/C15H13ClN2O2/c16-14-9-5-4-6-12(14)10-17-18-15(19)11-20-13-7-2-1-3-8-13/h1-10H,11H2,(H,18,19)/b17-10-. The molecule has 1 N–H and O–H groups in total. The lowest BCUT2D eigenvalue weighted by atomic mass is 10.2. The van der Waals surface area contributed by atoms with E-state index in [9.17, 15) is 4.79 Å². The highest BCUT2D eigenvalue weighted by Crippen LogP contribution is 2.12. The number of para-hydroxylation sites is 1. The molecule has 0 atom stereocenters. The Kier molecular flexibility index (Phi) is 5.15. The van der Waals surface area contributed by atoms with Crippen molar-refractivity contribution in [2.75, 3.05) is 6.61 Å². The molecule has 0 unspecified atom stereocenters. The summed E-state index contributed by atoms with van der Waals surface area (Å²) in [6.07, 6.45) is 1.49. The maximum absolute atomic E-state index is 11.5. The van der Waals surface area contributed by atoms with Crippen molar-refractivity contribution in [3.05, 3.63) is 65.2 Å². The Labute approximate surface area is 122 Å². The number of hydrazone groups is 1. The zero-order valence-corrected chi connectivity index (χ0v) is 11.4. The van der Waals surface area contributed by atoms with Crippen LogP contribution in [-0.2, 0) is 4.79 Å². The first kappa shape index (κ1) is 14.1. The average molecular weight is 289 g/mol. The molecule has 0 heterocycles. The Morgan fingerprint density at radius 2 is 1.85 bits per heavy atom. The van der Waals surface area contributed by atoms with Crippen LogP contribution in [0.15, 0.2) is 59.7 Å². The topological polar surface area (TPSA) is 50.7 Å². The second kappa shape index (κ2) is 7.31. The number of hydrogen-bond donors (Lipinski definition) is 1. The van der Waals surface area contributed by atoms with Crippen molar-refractivity contribution in [2.45, 2.75) is 0 Å². The number of rotatable bonds is 5. The minimum atomic E-state index is -0.336. The molecule has 0 spiro atoms. The van der Waals surface area contributed by atoms with E-state index in [1.54, 1.807) is 24.3 Å². The van der Waals surface area contributed by atoms with Gasteiger partial charge in [0.05, 0.1) is 6.21 Å². The van der Waals surface area contributed by atoms with Gasteiger partial charge < -0.3 is 4.74 Å². The number of carbonyl (C=O) groups is 1. The second-order valence-corrected chi connectivity index (χ2v) is 4.32. The minimum absolute atomic E-state index is 0.0934. The van der Waals surface area contributed by atoms with Gasteiger partial charge in [0.1, 0.15) is 5.75 Å². The van der Waals surface area contributed by atoms with Gasteiger partial charge in [-0.05, 0) is 18.2 Å². The molecule has 0 aliphatic carbocycles. The number of hydrogen-bond acceptors (Lipinski definition) is 3. The Bertz CT molecular complexity index is 600. The van der Waals surface area contributed by atoms with Crippen LogP contribution in [0.5, 0.6) is 5.75 Å². The summed E-state index contributed by atoms with van der Waals surface area (Å²) in [5.41, 5.74) is 3.11. The van der Waals surface area contributed by atoms with Crippen LogP contribution < -0.4 is 10.2 Å². The molecule has 0 aliphatic heterocycles. The van der Waals surface area contributed by atoms with Gasteiger partial charge in [-0.2, -0.15) is 5.10 Å². The highest BCUT2D eigenvalue weighted by atomic mass is 35.5. The van der Waals surface area contributed by atoms with Crippen molar-refractivity contribution in [3.8, 4) is 5.75 Å². The number of nitrogens with zero attached hydrogens (tertiary/aromatic N) is 1. The predicted octanol–water partition coefficient (Wildman–Crippen LogP) is 2.87. The third-order valence-electron chi connectivity index (χ3n) is 2.41. The zero-order chi connectivity index (χ0) is 14.2. The van der Waals surface area contributed by atoms with Crippen LogP contribution in [0, 0.1) is 0 Å². The number of carbonyl (C=O) groups excluding carboxylic acids is 1. The van der Waals surface area contributed by atoms with Gasteiger partial charge in [-0.15, -0.1) is 0 Å². The maximum Gasteiger partial charge on any atom is 0.277 e. The maximum atomic E-state index is 11.5. The van der Waals surface area contributed by atoms with Crippen molar-refractivity contribution in [1.82, 2.24) is 5.43 Å². The van der Waals surface area contributed by atoms with E-state index in [1.807, 2.05) is 30.3 Å². The zero-order valence-electron chi connectivity index (χ0n) is 10.6. The lowest BCUT2D eigenvalue weighted by molar-refractivity contribution is -0.123. The van der Waals surface area contributed by atoms with Gasteiger partial charge >= 0.3 is 0 Å². The van der Waals surface area contributed by atoms with Gasteiger partial charge in [0.15, 0.2) is 6.61 Å². The quantitative estimate of drug-likeness (QED) is 0.679. The van der Waals surface area contributed by atoms with E-state index in [1.165, 1.54) is 6.21 Å². The highest BCUT2D eigenvalue weighted by Gasteiger charge is 2.00. The number of amides is 1. The molecular weight excluding hydrogens is 276 g/mol. The second-order valence-electron chi connectivity index (χ2n) is 3.92. The SMILES string of the molecule is O=C(COc1ccccc1)N/N=C\c1ccccc1Cl. The molecule has 2 rings (SSSR count). The van der Waals surface area contributed by atoms with E-state index >= 15 is 0 Å². The Balaban J connectivity index is 1.79. The predicted molar refractivity (Wildman–Crippen MR) is 79.1 cm³/mol. The fourth-order valence-electron chi connectivity index (χ4n) is 1.45.